The fourth-order valence-electron chi connectivity index (χ4n) is 0.743. The minimum absolute atomic E-state index is 0.750. The Hall–Kier alpha value is -1.63. The summed E-state index contributed by atoms with van der Waals surface area (Å²) < 4.78 is 0. The molecule has 0 atom stereocenters. The summed E-state index contributed by atoms with van der Waals surface area (Å²) in [4.78, 5) is 8.81. The highest BCUT2D eigenvalue weighted by atomic mass is 16.1. The maximum Gasteiger partial charge on any atom is 0.116 e. The van der Waals surface area contributed by atoms with Crippen molar-refractivity contribution in [3.05, 3.63) is 54.6 Å². The minimum Gasteiger partial charge on any atom is -0.304 e. The molecule has 1 rings (SSSR count). The van der Waals surface area contributed by atoms with Gasteiger partial charge < -0.3 is 4.79 Å². The topological polar surface area (TPSA) is 17.1 Å². The molecule has 0 saturated heterocycles. The van der Waals surface area contributed by atoms with Crippen LogP contribution in [-0.2, 0) is 4.79 Å². The van der Waals surface area contributed by atoms with Crippen LogP contribution in [-0.4, -0.2) is 6.29 Å². The molecule has 0 fully saturated rings. The molecule has 0 unspecified atom stereocenters. The van der Waals surface area contributed by atoms with E-state index in [4.69, 9.17) is 4.79 Å². The van der Waals surface area contributed by atoms with E-state index in [0.717, 1.165) is 6.29 Å². The summed E-state index contributed by atoms with van der Waals surface area (Å²) >= 11 is 0. The van der Waals surface area contributed by atoms with Crippen molar-refractivity contribution in [3.63, 3.8) is 0 Å². The Morgan fingerprint density at radius 2 is 1.77 bits per heavy atom. The zero-order valence-electron chi connectivity index (χ0n) is 7.81. The molecule has 0 aliphatic rings. The zero-order valence-corrected chi connectivity index (χ0v) is 7.81. The van der Waals surface area contributed by atoms with Crippen LogP contribution < -0.4 is 0 Å². The molecule has 1 aromatic rings. The number of rotatable bonds is 2. The fraction of sp³-hybridized carbons (Fsp3) is 0.0833. The van der Waals surface area contributed by atoms with Gasteiger partial charge in [-0.3, -0.25) is 0 Å². The van der Waals surface area contributed by atoms with Gasteiger partial charge in [-0.25, -0.2) is 0 Å². The average Bonchev–Trinajstić information content (AvgIpc) is 2.18. The largest absolute Gasteiger partial charge is 0.304 e. The van der Waals surface area contributed by atoms with Gasteiger partial charge in [0.15, 0.2) is 0 Å². The van der Waals surface area contributed by atoms with Crippen LogP contribution in [0.4, 0.5) is 0 Å². The highest BCUT2D eigenvalue weighted by Crippen LogP contribution is 1.99. The van der Waals surface area contributed by atoms with E-state index in [1.807, 2.05) is 30.4 Å². The summed E-state index contributed by atoms with van der Waals surface area (Å²) in [6.45, 7) is 5.03. The minimum atomic E-state index is 0.750. The van der Waals surface area contributed by atoms with Crippen LogP contribution in [0.15, 0.2) is 49.1 Å². The van der Waals surface area contributed by atoms with Gasteiger partial charge >= 0.3 is 0 Å². The first-order valence-corrected chi connectivity index (χ1v) is 4.09. The van der Waals surface area contributed by atoms with Crippen LogP contribution in [0.25, 0.3) is 6.08 Å². The lowest BCUT2D eigenvalue weighted by Gasteiger charge is -1.87. The van der Waals surface area contributed by atoms with E-state index in [2.05, 4.69) is 18.7 Å². The number of hydrogen-bond donors (Lipinski definition) is 0. The lowest BCUT2D eigenvalue weighted by atomic mass is 10.2. The molecule has 0 saturated carbocycles. The first-order chi connectivity index (χ1) is 6.35. The van der Waals surface area contributed by atoms with Crippen molar-refractivity contribution in [2.45, 2.75) is 6.92 Å². The molecule has 13 heavy (non-hydrogen) atoms. The van der Waals surface area contributed by atoms with Gasteiger partial charge in [-0.05, 0) is 12.5 Å². The first-order valence-electron chi connectivity index (χ1n) is 4.09. The molecular formula is C12H14O. The number of hydrogen-bond acceptors (Lipinski definition) is 1. The van der Waals surface area contributed by atoms with Gasteiger partial charge in [-0.15, -0.1) is 0 Å². The smallest absolute Gasteiger partial charge is 0.116 e. The van der Waals surface area contributed by atoms with Crippen LogP contribution in [0.1, 0.15) is 12.5 Å². The predicted octanol–water partition coefficient (Wildman–Crippen LogP) is 3.09. The van der Waals surface area contributed by atoms with Crippen LogP contribution in [0.2, 0.25) is 0 Å². The third-order valence-corrected chi connectivity index (χ3v) is 1.22. The summed E-state index contributed by atoms with van der Waals surface area (Å²) in [7, 11) is 0. The number of aldehydes is 1. The highest BCUT2D eigenvalue weighted by molar-refractivity contribution is 5.50. The molecule has 1 heteroatoms. The lowest BCUT2D eigenvalue weighted by Crippen LogP contribution is -1.65. The molecule has 0 aliphatic heterocycles. The Morgan fingerprint density at radius 1 is 1.23 bits per heavy atom. The second kappa shape index (κ2) is 8.47. The van der Waals surface area contributed by atoms with Gasteiger partial charge in [0, 0.05) is 0 Å². The van der Waals surface area contributed by atoms with Gasteiger partial charge in [0.2, 0.25) is 0 Å². The number of allylic oxidation sites excluding steroid dienone is 2. The van der Waals surface area contributed by atoms with Crippen molar-refractivity contribution < 1.29 is 4.79 Å². The molecule has 1 nitrogen and oxygen atoms in total. The maximum atomic E-state index is 8.81. The monoisotopic (exact) mass is 174 g/mol. The van der Waals surface area contributed by atoms with Crippen LogP contribution in [0.5, 0.6) is 0 Å². The second-order valence-corrected chi connectivity index (χ2v) is 2.24. The summed E-state index contributed by atoms with van der Waals surface area (Å²) in [5, 5.41) is 0. The normalized spacial score (nSPS) is 8.69. The second-order valence-electron chi connectivity index (χ2n) is 2.24. The Kier molecular flexibility index (Phi) is 7.40. The van der Waals surface area contributed by atoms with Crippen LogP contribution in [0, 0.1) is 0 Å². The Labute approximate surface area is 79.4 Å². The highest BCUT2D eigenvalue weighted by Gasteiger charge is 1.78. The molecular weight excluding hydrogens is 160 g/mol. The Bertz CT molecular complexity index is 260. The third-order valence-electron chi connectivity index (χ3n) is 1.22. The maximum absolute atomic E-state index is 8.81. The van der Waals surface area contributed by atoms with E-state index in [9.17, 15) is 0 Å². The van der Waals surface area contributed by atoms with Crippen molar-refractivity contribution >= 4 is 12.4 Å². The Morgan fingerprint density at radius 3 is 2.23 bits per heavy atom. The van der Waals surface area contributed by atoms with E-state index in [1.165, 1.54) is 12.5 Å². The van der Waals surface area contributed by atoms with Gasteiger partial charge in [0.25, 0.3) is 0 Å². The van der Waals surface area contributed by atoms with E-state index >= 15 is 0 Å². The molecule has 0 spiro atoms. The number of carbonyl (C=O) groups excluding carboxylic acids is 1. The molecule has 0 aliphatic carbocycles. The van der Waals surface area contributed by atoms with Crippen molar-refractivity contribution in [3.8, 4) is 0 Å². The van der Waals surface area contributed by atoms with Crippen molar-refractivity contribution in [1.29, 1.82) is 0 Å². The summed E-state index contributed by atoms with van der Waals surface area (Å²) in [5.74, 6) is 0. The van der Waals surface area contributed by atoms with Crippen LogP contribution >= 0.6 is 0 Å². The van der Waals surface area contributed by atoms with Gasteiger partial charge in [-0.1, -0.05) is 55.1 Å². The third kappa shape index (κ3) is 6.76. The molecule has 0 aromatic heterocycles. The van der Waals surface area contributed by atoms with E-state index in [0.29, 0.717) is 0 Å². The molecule has 0 bridgehead atoms. The number of benzene rings is 1. The van der Waals surface area contributed by atoms with Crippen molar-refractivity contribution in [2.24, 2.45) is 0 Å². The molecule has 0 N–H and O–H groups in total. The van der Waals surface area contributed by atoms with E-state index in [1.54, 1.807) is 6.08 Å². The summed E-state index contributed by atoms with van der Waals surface area (Å²) in [6.07, 6.45) is 6.47. The molecule has 68 valence electrons. The van der Waals surface area contributed by atoms with Gasteiger partial charge in [-0.2, -0.15) is 0 Å². The SMILES string of the molecule is C=CC=Cc1ccccc1.CC=O. The van der Waals surface area contributed by atoms with E-state index in [-0.39, 0.29) is 0 Å². The van der Waals surface area contributed by atoms with Gasteiger partial charge in [0.05, 0.1) is 0 Å². The van der Waals surface area contributed by atoms with Crippen molar-refractivity contribution in [1.82, 2.24) is 0 Å². The number of carbonyl (C=O) groups is 1. The standard InChI is InChI=1S/C10H10.C2H4O/c1-2-3-7-10-8-5-4-6-9-10;1-2-3/h2-9H,1H2;2H,1H3. The molecule has 1 aromatic carbocycles. The first kappa shape index (κ1) is 11.4. The predicted molar refractivity (Wildman–Crippen MR) is 57.4 cm³/mol. The molecule has 0 radical (unpaired) electrons. The molecule has 0 heterocycles. The average molecular weight is 174 g/mol. The Balaban J connectivity index is 0.000000424. The fourth-order valence-corrected chi connectivity index (χ4v) is 0.743. The quantitative estimate of drug-likeness (QED) is 0.497. The summed E-state index contributed by atoms with van der Waals surface area (Å²) in [5.41, 5.74) is 1.21. The van der Waals surface area contributed by atoms with Crippen molar-refractivity contribution in [2.75, 3.05) is 0 Å². The lowest BCUT2D eigenvalue weighted by molar-refractivity contribution is -0.106. The van der Waals surface area contributed by atoms with E-state index < -0.39 is 0 Å². The summed E-state index contributed by atoms with van der Waals surface area (Å²) in [6, 6.07) is 10.1. The zero-order chi connectivity index (χ0) is 9.94. The van der Waals surface area contributed by atoms with Crippen LogP contribution in [0.3, 0.4) is 0 Å². The van der Waals surface area contributed by atoms with Gasteiger partial charge in [0.1, 0.15) is 6.29 Å². The molecule has 0 amide bonds.